The first-order chi connectivity index (χ1) is 15.8. The largest absolute Gasteiger partial charge is 0.488 e. The maximum absolute atomic E-state index is 13.1. The van der Waals surface area contributed by atoms with E-state index in [1.54, 1.807) is 36.4 Å². The molecule has 1 aliphatic heterocycles. The number of hydrogen-bond acceptors (Lipinski definition) is 6. The number of nitro groups is 1. The number of amides is 1. The molecule has 0 unspecified atom stereocenters. The molecule has 0 N–H and O–H groups in total. The van der Waals surface area contributed by atoms with Gasteiger partial charge in [-0.15, -0.1) is 0 Å². The maximum atomic E-state index is 13.1. The number of nitrogens with zero attached hydrogens (tertiary/aromatic N) is 2. The minimum Gasteiger partial charge on any atom is -0.488 e. The van der Waals surface area contributed by atoms with Crippen LogP contribution in [-0.2, 0) is 11.4 Å². The molecule has 1 saturated heterocycles. The smallest absolute Gasteiger partial charge is 0.271 e. The second-order valence-electron chi connectivity index (χ2n) is 6.86. The Labute approximate surface area is 208 Å². The van der Waals surface area contributed by atoms with E-state index < -0.39 is 4.92 Å². The van der Waals surface area contributed by atoms with E-state index in [4.69, 9.17) is 40.2 Å². The van der Waals surface area contributed by atoms with Gasteiger partial charge in [0, 0.05) is 33.3 Å². The highest BCUT2D eigenvalue weighted by molar-refractivity contribution is 8.27. The van der Waals surface area contributed by atoms with Gasteiger partial charge in [0.25, 0.3) is 11.6 Å². The van der Waals surface area contributed by atoms with Crippen LogP contribution in [0.15, 0.2) is 71.6 Å². The van der Waals surface area contributed by atoms with Crippen LogP contribution < -0.4 is 9.64 Å². The summed E-state index contributed by atoms with van der Waals surface area (Å²) in [6.45, 7) is 0.218. The summed E-state index contributed by atoms with van der Waals surface area (Å²) >= 11 is 18.7. The average Bonchev–Trinajstić information content (AvgIpc) is 3.07. The number of nitro benzene ring substituents is 1. The number of carbonyl (C=O) groups is 1. The van der Waals surface area contributed by atoms with Gasteiger partial charge in [-0.1, -0.05) is 77.5 Å². The Hall–Kier alpha value is -2.91. The summed E-state index contributed by atoms with van der Waals surface area (Å²) < 4.78 is 6.25. The zero-order chi connectivity index (χ0) is 23.5. The van der Waals surface area contributed by atoms with Crippen LogP contribution in [0.25, 0.3) is 6.08 Å². The number of para-hydroxylation sites is 1. The van der Waals surface area contributed by atoms with E-state index in [1.165, 1.54) is 23.1 Å². The number of thioether (sulfide) groups is 1. The van der Waals surface area contributed by atoms with E-state index in [0.717, 1.165) is 17.3 Å². The molecule has 10 heteroatoms. The predicted molar refractivity (Wildman–Crippen MR) is 136 cm³/mol. The lowest BCUT2D eigenvalue weighted by Gasteiger charge is -2.14. The second-order valence-corrected chi connectivity index (χ2v) is 9.38. The van der Waals surface area contributed by atoms with Gasteiger partial charge in [0.05, 0.1) is 15.5 Å². The molecule has 4 rings (SSSR count). The number of non-ortho nitro benzene ring substituents is 1. The minimum absolute atomic E-state index is 0.120. The van der Waals surface area contributed by atoms with Gasteiger partial charge in [0.2, 0.25) is 0 Å². The Balaban J connectivity index is 1.58. The van der Waals surface area contributed by atoms with Crippen molar-refractivity contribution in [2.24, 2.45) is 0 Å². The summed E-state index contributed by atoms with van der Waals surface area (Å²) in [6.07, 6.45) is 1.69. The first-order valence-electron chi connectivity index (χ1n) is 9.51. The van der Waals surface area contributed by atoms with E-state index in [9.17, 15) is 14.9 Å². The zero-order valence-electron chi connectivity index (χ0n) is 16.7. The first-order valence-corrected chi connectivity index (χ1v) is 11.5. The SMILES string of the molecule is O=C1/C(=C/c2ccccc2OCc2ccc(Cl)cc2Cl)SC(=S)N1c1cccc([N+](=O)[O-])c1. The molecule has 6 nitrogen and oxygen atoms in total. The topological polar surface area (TPSA) is 72.7 Å². The summed E-state index contributed by atoms with van der Waals surface area (Å²) in [4.78, 5) is 25.3. The molecule has 0 radical (unpaired) electrons. The van der Waals surface area contributed by atoms with Gasteiger partial charge in [-0.2, -0.15) is 0 Å². The van der Waals surface area contributed by atoms with Gasteiger partial charge in [-0.05, 0) is 30.3 Å². The van der Waals surface area contributed by atoms with Crippen LogP contribution in [0, 0.1) is 10.1 Å². The number of carbonyl (C=O) groups excluding carboxylic acids is 1. The van der Waals surface area contributed by atoms with Crippen LogP contribution in [0.2, 0.25) is 10.0 Å². The van der Waals surface area contributed by atoms with E-state index in [0.29, 0.717) is 32.0 Å². The molecule has 3 aromatic carbocycles. The zero-order valence-corrected chi connectivity index (χ0v) is 19.9. The molecule has 33 heavy (non-hydrogen) atoms. The number of ether oxygens (including phenoxy) is 1. The number of anilines is 1. The van der Waals surface area contributed by atoms with E-state index in [1.807, 2.05) is 18.2 Å². The van der Waals surface area contributed by atoms with Gasteiger partial charge in [-0.3, -0.25) is 19.8 Å². The number of hydrogen-bond donors (Lipinski definition) is 0. The van der Waals surface area contributed by atoms with Crippen LogP contribution in [0.3, 0.4) is 0 Å². The lowest BCUT2D eigenvalue weighted by Crippen LogP contribution is -2.27. The molecule has 0 aliphatic carbocycles. The number of benzene rings is 3. The van der Waals surface area contributed by atoms with Gasteiger partial charge in [0.15, 0.2) is 4.32 Å². The Morgan fingerprint density at radius 2 is 1.88 bits per heavy atom. The van der Waals surface area contributed by atoms with Gasteiger partial charge >= 0.3 is 0 Å². The molecule has 0 bridgehead atoms. The van der Waals surface area contributed by atoms with Crippen molar-refractivity contribution in [1.82, 2.24) is 0 Å². The highest BCUT2D eigenvalue weighted by atomic mass is 35.5. The molecular formula is C23H14Cl2N2O4S2. The third-order valence-corrected chi connectivity index (χ3v) is 6.59. The summed E-state index contributed by atoms with van der Waals surface area (Å²) in [5.74, 6) is 0.199. The Bertz CT molecular complexity index is 1310. The fraction of sp³-hybridized carbons (Fsp3) is 0.0435. The summed E-state index contributed by atoms with van der Waals surface area (Å²) in [5.41, 5.74) is 1.68. The van der Waals surface area contributed by atoms with Crippen LogP contribution in [0.1, 0.15) is 11.1 Å². The third-order valence-electron chi connectivity index (χ3n) is 4.70. The van der Waals surface area contributed by atoms with Crippen LogP contribution >= 0.6 is 47.2 Å². The highest BCUT2D eigenvalue weighted by Crippen LogP contribution is 2.38. The molecule has 0 saturated carbocycles. The molecule has 1 aliphatic rings. The van der Waals surface area contributed by atoms with Gasteiger partial charge in [-0.25, -0.2) is 0 Å². The van der Waals surface area contributed by atoms with Crippen LogP contribution in [0.5, 0.6) is 5.75 Å². The first kappa shape index (κ1) is 23.3. The van der Waals surface area contributed by atoms with E-state index in [2.05, 4.69) is 0 Å². The van der Waals surface area contributed by atoms with Crippen molar-refractivity contribution in [3.05, 3.63) is 103 Å². The molecule has 1 fully saturated rings. The van der Waals surface area contributed by atoms with E-state index in [-0.39, 0.29) is 22.5 Å². The van der Waals surface area contributed by atoms with Crippen LogP contribution in [-0.4, -0.2) is 15.2 Å². The molecule has 166 valence electrons. The monoisotopic (exact) mass is 516 g/mol. The molecule has 0 atom stereocenters. The molecule has 1 heterocycles. The van der Waals surface area contributed by atoms with Crippen molar-refractivity contribution in [3.63, 3.8) is 0 Å². The normalized spacial score (nSPS) is 14.7. The standard InChI is InChI=1S/C23H14Cl2N2O4S2/c24-16-9-8-15(19(25)11-16)13-31-20-7-2-1-4-14(20)10-21-22(28)26(23(32)33-21)17-5-3-6-18(12-17)27(29)30/h1-12H,13H2/b21-10-. The summed E-state index contributed by atoms with van der Waals surface area (Å²) in [5, 5.41) is 12.1. The predicted octanol–water partition coefficient (Wildman–Crippen LogP) is 6.89. The molecule has 0 aromatic heterocycles. The Kier molecular flexibility index (Phi) is 6.99. The number of thiocarbonyl (C=S) groups is 1. The minimum atomic E-state index is -0.516. The van der Waals surface area contributed by atoms with Gasteiger partial charge in [0.1, 0.15) is 12.4 Å². The number of rotatable bonds is 6. The Morgan fingerprint density at radius 3 is 2.64 bits per heavy atom. The summed E-state index contributed by atoms with van der Waals surface area (Å²) in [6, 6.07) is 18.2. The lowest BCUT2D eigenvalue weighted by atomic mass is 10.1. The highest BCUT2D eigenvalue weighted by Gasteiger charge is 2.34. The molecular weight excluding hydrogens is 503 g/mol. The van der Waals surface area contributed by atoms with E-state index >= 15 is 0 Å². The van der Waals surface area contributed by atoms with Crippen molar-refractivity contribution in [2.45, 2.75) is 6.61 Å². The molecule has 0 spiro atoms. The van der Waals surface area contributed by atoms with Crippen molar-refractivity contribution >= 4 is 74.9 Å². The lowest BCUT2D eigenvalue weighted by molar-refractivity contribution is -0.384. The second kappa shape index (κ2) is 9.93. The quantitative estimate of drug-likeness (QED) is 0.154. The van der Waals surface area contributed by atoms with Gasteiger partial charge < -0.3 is 4.74 Å². The molecule has 1 amide bonds. The third kappa shape index (κ3) is 5.20. The molecule has 3 aromatic rings. The fourth-order valence-electron chi connectivity index (χ4n) is 3.10. The summed E-state index contributed by atoms with van der Waals surface area (Å²) in [7, 11) is 0. The van der Waals surface area contributed by atoms with Crippen molar-refractivity contribution in [1.29, 1.82) is 0 Å². The number of halogens is 2. The van der Waals surface area contributed by atoms with Crippen LogP contribution in [0.4, 0.5) is 11.4 Å². The maximum Gasteiger partial charge on any atom is 0.271 e. The van der Waals surface area contributed by atoms with Crippen molar-refractivity contribution < 1.29 is 14.5 Å². The Morgan fingerprint density at radius 1 is 1.09 bits per heavy atom. The van der Waals surface area contributed by atoms with Crippen molar-refractivity contribution in [2.75, 3.05) is 4.90 Å². The fourth-order valence-corrected chi connectivity index (χ4v) is 4.86. The average molecular weight is 517 g/mol. The van der Waals surface area contributed by atoms with Crippen molar-refractivity contribution in [3.8, 4) is 5.75 Å².